The molecule has 0 fully saturated rings. The highest BCUT2D eigenvalue weighted by Gasteiger charge is 2.13. The molecule has 0 spiro atoms. The topological polar surface area (TPSA) is 38.3 Å². The van der Waals surface area contributed by atoms with Gasteiger partial charge in [-0.25, -0.2) is 4.39 Å². The Morgan fingerprint density at radius 3 is 2.71 bits per heavy atom. The SMILES string of the molecule is CCC(=O)Nc1cc(CC(=S)OCC(C)C)c(Cl)cc1F. The molecule has 0 aliphatic rings. The minimum atomic E-state index is -0.570. The van der Waals surface area contributed by atoms with E-state index in [2.05, 4.69) is 5.32 Å². The Bertz CT molecular complexity index is 535. The molecule has 1 amide bonds. The highest BCUT2D eigenvalue weighted by molar-refractivity contribution is 7.80. The first kappa shape index (κ1) is 17.9. The quantitative estimate of drug-likeness (QED) is 0.787. The average molecular weight is 332 g/mol. The number of ether oxygens (including phenoxy) is 1. The highest BCUT2D eigenvalue weighted by Crippen LogP contribution is 2.25. The Morgan fingerprint density at radius 2 is 2.14 bits per heavy atom. The van der Waals surface area contributed by atoms with Crippen LogP contribution in [0.15, 0.2) is 12.1 Å². The summed E-state index contributed by atoms with van der Waals surface area (Å²) in [6.45, 7) is 6.26. The zero-order valence-corrected chi connectivity index (χ0v) is 13.9. The second-order valence-corrected chi connectivity index (χ2v) is 5.94. The molecule has 0 radical (unpaired) electrons. The molecule has 0 aliphatic carbocycles. The second-order valence-electron chi connectivity index (χ2n) is 5.08. The molecular weight excluding hydrogens is 313 g/mol. The number of thiocarbonyl (C=S) groups is 1. The van der Waals surface area contributed by atoms with E-state index in [0.29, 0.717) is 29.6 Å². The fourth-order valence-electron chi connectivity index (χ4n) is 1.53. The third kappa shape index (κ3) is 5.98. The van der Waals surface area contributed by atoms with Crippen molar-refractivity contribution >= 4 is 40.5 Å². The summed E-state index contributed by atoms with van der Waals surface area (Å²) < 4.78 is 19.2. The van der Waals surface area contributed by atoms with E-state index < -0.39 is 5.82 Å². The van der Waals surface area contributed by atoms with Gasteiger partial charge in [-0.2, -0.15) is 0 Å². The number of hydrogen-bond acceptors (Lipinski definition) is 3. The minimum Gasteiger partial charge on any atom is -0.486 e. The van der Waals surface area contributed by atoms with Gasteiger partial charge in [-0.05, 0) is 35.8 Å². The maximum atomic E-state index is 13.8. The molecule has 0 saturated heterocycles. The van der Waals surface area contributed by atoms with E-state index in [9.17, 15) is 9.18 Å². The van der Waals surface area contributed by atoms with E-state index in [-0.39, 0.29) is 23.0 Å². The third-order valence-corrected chi connectivity index (χ3v) is 3.26. The van der Waals surface area contributed by atoms with Crippen LogP contribution in [0.4, 0.5) is 10.1 Å². The first-order valence-corrected chi connectivity index (χ1v) is 7.55. The maximum Gasteiger partial charge on any atom is 0.224 e. The predicted octanol–water partition coefficient (Wildman–Crippen LogP) is 4.37. The fourth-order valence-corrected chi connectivity index (χ4v) is 1.97. The molecule has 0 unspecified atom stereocenters. The van der Waals surface area contributed by atoms with Gasteiger partial charge in [0.1, 0.15) is 5.82 Å². The Hall–Kier alpha value is -1.20. The van der Waals surface area contributed by atoms with E-state index in [1.807, 2.05) is 13.8 Å². The van der Waals surface area contributed by atoms with Crippen LogP contribution in [-0.4, -0.2) is 17.6 Å². The summed E-state index contributed by atoms with van der Waals surface area (Å²) in [6.07, 6.45) is 0.573. The number of halogens is 2. The molecule has 0 atom stereocenters. The van der Waals surface area contributed by atoms with Gasteiger partial charge >= 0.3 is 0 Å². The summed E-state index contributed by atoms with van der Waals surface area (Å²) in [5.74, 6) is -0.466. The molecule has 1 aromatic carbocycles. The van der Waals surface area contributed by atoms with Gasteiger partial charge in [0.2, 0.25) is 5.91 Å². The van der Waals surface area contributed by atoms with Crippen LogP contribution in [0.25, 0.3) is 0 Å². The predicted molar refractivity (Wildman–Crippen MR) is 87.4 cm³/mol. The van der Waals surface area contributed by atoms with Gasteiger partial charge in [0.05, 0.1) is 12.3 Å². The first-order valence-electron chi connectivity index (χ1n) is 6.76. The molecule has 0 saturated carbocycles. The van der Waals surface area contributed by atoms with Gasteiger partial charge in [0.15, 0.2) is 5.05 Å². The van der Waals surface area contributed by atoms with Crippen LogP contribution in [0.5, 0.6) is 0 Å². The Labute approximate surface area is 134 Å². The number of anilines is 1. The van der Waals surface area contributed by atoms with Crippen molar-refractivity contribution in [3.63, 3.8) is 0 Å². The fraction of sp³-hybridized carbons (Fsp3) is 0.467. The highest BCUT2D eigenvalue weighted by atomic mass is 35.5. The Morgan fingerprint density at radius 1 is 1.48 bits per heavy atom. The lowest BCUT2D eigenvalue weighted by Crippen LogP contribution is -2.13. The lowest BCUT2D eigenvalue weighted by atomic mass is 10.1. The number of amides is 1. The second kappa shape index (κ2) is 8.29. The molecule has 0 aromatic heterocycles. The van der Waals surface area contributed by atoms with Crippen LogP contribution in [0.1, 0.15) is 32.8 Å². The van der Waals surface area contributed by atoms with Crippen LogP contribution in [-0.2, 0) is 16.0 Å². The van der Waals surface area contributed by atoms with Crippen molar-refractivity contribution < 1.29 is 13.9 Å². The largest absolute Gasteiger partial charge is 0.486 e. The maximum absolute atomic E-state index is 13.8. The summed E-state index contributed by atoms with van der Waals surface area (Å²) in [5, 5.41) is 3.15. The zero-order valence-electron chi connectivity index (χ0n) is 12.3. The summed E-state index contributed by atoms with van der Waals surface area (Å²) >= 11 is 11.1. The number of nitrogens with one attached hydrogen (secondary N) is 1. The van der Waals surface area contributed by atoms with E-state index in [4.69, 9.17) is 28.6 Å². The average Bonchev–Trinajstić information content (AvgIpc) is 2.41. The van der Waals surface area contributed by atoms with Gasteiger partial charge in [-0.1, -0.05) is 32.4 Å². The molecule has 21 heavy (non-hydrogen) atoms. The number of carbonyl (C=O) groups excluding carboxylic acids is 1. The molecule has 0 heterocycles. The molecule has 116 valence electrons. The lowest BCUT2D eigenvalue weighted by Gasteiger charge is -2.12. The van der Waals surface area contributed by atoms with Crippen LogP contribution in [0.3, 0.4) is 0 Å². The molecule has 1 N–H and O–H groups in total. The van der Waals surface area contributed by atoms with E-state index >= 15 is 0 Å². The number of benzene rings is 1. The lowest BCUT2D eigenvalue weighted by molar-refractivity contribution is -0.115. The molecule has 0 bridgehead atoms. The van der Waals surface area contributed by atoms with Crippen molar-refractivity contribution in [3.05, 3.63) is 28.5 Å². The van der Waals surface area contributed by atoms with E-state index in [1.54, 1.807) is 6.92 Å². The minimum absolute atomic E-state index is 0.105. The summed E-state index contributed by atoms with van der Waals surface area (Å²) in [4.78, 5) is 11.4. The van der Waals surface area contributed by atoms with Crippen LogP contribution < -0.4 is 5.32 Å². The van der Waals surface area contributed by atoms with Crippen LogP contribution >= 0.6 is 23.8 Å². The van der Waals surface area contributed by atoms with E-state index in [1.165, 1.54) is 12.1 Å². The number of rotatable bonds is 6. The zero-order chi connectivity index (χ0) is 16.0. The molecule has 0 aliphatic heterocycles. The first-order chi connectivity index (χ1) is 9.83. The Balaban J connectivity index is 2.84. The smallest absolute Gasteiger partial charge is 0.224 e. The van der Waals surface area contributed by atoms with E-state index in [0.717, 1.165) is 0 Å². The van der Waals surface area contributed by atoms with Gasteiger partial charge in [0.25, 0.3) is 0 Å². The van der Waals surface area contributed by atoms with Crippen molar-refractivity contribution in [3.8, 4) is 0 Å². The van der Waals surface area contributed by atoms with Crippen molar-refractivity contribution in [2.24, 2.45) is 5.92 Å². The van der Waals surface area contributed by atoms with Crippen LogP contribution in [0.2, 0.25) is 5.02 Å². The molecule has 1 rings (SSSR count). The normalized spacial score (nSPS) is 10.6. The monoisotopic (exact) mass is 331 g/mol. The Kier molecular flexibility index (Phi) is 7.05. The standard InChI is InChI=1S/C15H19ClFNO2S/c1-4-14(19)18-13-5-10(11(16)7-12(13)17)6-15(21)20-8-9(2)3/h5,7,9H,4,6,8H2,1-3H3,(H,18,19). The van der Waals surface area contributed by atoms with Gasteiger partial charge < -0.3 is 10.1 Å². The van der Waals surface area contributed by atoms with Crippen molar-refractivity contribution in [2.75, 3.05) is 11.9 Å². The third-order valence-electron chi connectivity index (χ3n) is 2.64. The van der Waals surface area contributed by atoms with Crippen molar-refractivity contribution in [2.45, 2.75) is 33.6 Å². The van der Waals surface area contributed by atoms with Gasteiger partial charge in [0, 0.05) is 17.9 Å². The summed E-state index contributed by atoms with van der Waals surface area (Å²) in [7, 11) is 0. The van der Waals surface area contributed by atoms with Gasteiger partial charge in [-0.15, -0.1) is 0 Å². The van der Waals surface area contributed by atoms with Gasteiger partial charge in [-0.3, -0.25) is 4.79 Å². The molecule has 3 nitrogen and oxygen atoms in total. The van der Waals surface area contributed by atoms with Crippen molar-refractivity contribution in [1.29, 1.82) is 0 Å². The molecule has 6 heteroatoms. The molecule has 1 aromatic rings. The molecular formula is C15H19ClFNO2S. The summed E-state index contributed by atoms with van der Waals surface area (Å²) in [5.41, 5.74) is 0.728. The summed E-state index contributed by atoms with van der Waals surface area (Å²) in [6, 6.07) is 2.67. The number of carbonyl (C=O) groups is 1. The van der Waals surface area contributed by atoms with Crippen LogP contribution in [0, 0.1) is 11.7 Å². The number of hydrogen-bond donors (Lipinski definition) is 1. The van der Waals surface area contributed by atoms with Crippen molar-refractivity contribution in [1.82, 2.24) is 0 Å².